The van der Waals surface area contributed by atoms with Crippen LogP contribution in [0.25, 0.3) is 0 Å². The van der Waals surface area contributed by atoms with Gasteiger partial charge in [0.1, 0.15) is 6.04 Å². The van der Waals surface area contributed by atoms with Crippen LogP contribution in [0.5, 0.6) is 0 Å². The number of carbonyl (C=O) groups is 2. The third-order valence-electron chi connectivity index (χ3n) is 3.63. The molecule has 1 saturated heterocycles. The van der Waals surface area contributed by atoms with Gasteiger partial charge in [-0.15, -0.1) is 0 Å². The van der Waals surface area contributed by atoms with Crippen LogP contribution in [0.2, 0.25) is 0 Å². The molecule has 0 aromatic carbocycles. The zero-order valence-corrected chi connectivity index (χ0v) is 12.4. The summed E-state index contributed by atoms with van der Waals surface area (Å²) in [7, 11) is 1.79. The number of hydrogen-bond acceptors (Lipinski definition) is 3. The normalized spacial score (nSPS) is 26.7. The van der Waals surface area contributed by atoms with Crippen molar-refractivity contribution in [3.05, 3.63) is 0 Å². The lowest BCUT2D eigenvalue weighted by atomic mass is 10.1. The Labute approximate surface area is 117 Å². The highest BCUT2D eigenvalue weighted by Gasteiger charge is 2.31. The van der Waals surface area contributed by atoms with Gasteiger partial charge in [0.15, 0.2) is 0 Å². The minimum Gasteiger partial charge on any atom is -0.344 e. The molecule has 2 N–H and O–H groups in total. The van der Waals surface area contributed by atoms with Crippen molar-refractivity contribution >= 4 is 11.8 Å². The van der Waals surface area contributed by atoms with Crippen LogP contribution < -0.4 is 10.6 Å². The highest BCUT2D eigenvalue weighted by molar-refractivity contribution is 5.88. The molecule has 4 atom stereocenters. The lowest BCUT2D eigenvalue weighted by Crippen LogP contribution is -2.50. The Hall–Kier alpha value is -1.10. The van der Waals surface area contributed by atoms with Gasteiger partial charge in [0.25, 0.3) is 0 Å². The van der Waals surface area contributed by atoms with Crippen LogP contribution in [-0.4, -0.2) is 48.9 Å². The van der Waals surface area contributed by atoms with Crippen LogP contribution in [0.15, 0.2) is 0 Å². The first kappa shape index (κ1) is 14.3. The first-order chi connectivity index (χ1) is 9.42. The SMILES string of the molecule is [3H]C1CC[C@H](CC)N1C(=O)[C@H](C)NC(=O)[C@H](C)CNC. The zero-order chi connectivity index (χ0) is 15.3. The lowest BCUT2D eigenvalue weighted by molar-refractivity contribution is -0.137. The maximum Gasteiger partial charge on any atom is 0.245 e. The van der Waals surface area contributed by atoms with Crippen molar-refractivity contribution in [2.75, 3.05) is 20.1 Å². The van der Waals surface area contributed by atoms with Crippen LogP contribution >= 0.6 is 0 Å². The zero-order valence-electron chi connectivity index (χ0n) is 13.4. The molecule has 1 heterocycles. The largest absolute Gasteiger partial charge is 0.344 e. The summed E-state index contributed by atoms with van der Waals surface area (Å²) in [5.74, 6) is -0.448. The van der Waals surface area contributed by atoms with E-state index in [1.807, 2.05) is 13.8 Å². The van der Waals surface area contributed by atoms with Gasteiger partial charge in [-0.3, -0.25) is 9.59 Å². The Morgan fingerprint density at radius 2 is 2.16 bits per heavy atom. The fraction of sp³-hybridized carbons (Fsp3) is 0.857. The summed E-state index contributed by atoms with van der Waals surface area (Å²) in [5, 5.41) is 5.70. The van der Waals surface area contributed by atoms with E-state index >= 15 is 0 Å². The maximum atomic E-state index is 12.4. The van der Waals surface area contributed by atoms with E-state index in [1.54, 1.807) is 18.9 Å². The van der Waals surface area contributed by atoms with Gasteiger partial charge in [-0.1, -0.05) is 13.8 Å². The summed E-state index contributed by atoms with van der Waals surface area (Å²) in [6, 6.07) is -0.430. The standard InChI is InChI=1S/C14H27N3O2/c1-5-12-7-6-8-17(12)14(19)11(3)16-13(18)10(2)9-15-4/h10-12,15H,5-9H2,1-4H3,(H,16,18)/t10-,11+,12+/m1/s1/i8T/t8?,10-,11+,12+. The average Bonchev–Trinajstić information content (AvgIpc) is 2.78. The molecule has 5 nitrogen and oxygen atoms in total. The average molecular weight is 271 g/mol. The van der Waals surface area contributed by atoms with Crippen molar-refractivity contribution in [3.63, 3.8) is 0 Å². The highest BCUT2D eigenvalue weighted by Crippen LogP contribution is 2.20. The molecular weight excluding hydrogens is 242 g/mol. The number of nitrogens with one attached hydrogen (secondary N) is 2. The smallest absolute Gasteiger partial charge is 0.245 e. The fourth-order valence-corrected chi connectivity index (χ4v) is 2.40. The quantitative estimate of drug-likeness (QED) is 0.749. The van der Waals surface area contributed by atoms with Gasteiger partial charge >= 0.3 is 0 Å². The van der Waals surface area contributed by atoms with E-state index in [1.165, 1.54) is 0 Å². The van der Waals surface area contributed by atoms with Gasteiger partial charge in [0, 0.05) is 26.4 Å². The first-order valence-corrected chi connectivity index (χ1v) is 7.11. The Kier molecular flexibility index (Phi) is 5.63. The molecular formula is C14H27N3O2. The molecule has 0 aromatic rings. The Balaban J connectivity index is 2.60. The molecule has 19 heavy (non-hydrogen) atoms. The summed E-state index contributed by atoms with van der Waals surface area (Å²) < 4.78 is 7.96. The Morgan fingerprint density at radius 3 is 2.74 bits per heavy atom. The molecule has 0 saturated carbocycles. The van der Waals surface area contributed by atoms with Crippen molar-refractivity contribution in [2.24, 2.45) is 5.92 Å². The molecule has 1 rings (SSSR count). The molecule has 2 amide bonds. The number of likely N-dealkylation sites (tertiary alicyclic amines) is 1. The van der Waals surface area contributed by atoms with Crippen LogP contribution in [0.1, 0.15) is 41.4 Å². The van der Waals surface area contributed by atoms with Crippen molar-refractivity contribution < 1.29 is 11.0 Å². The number of hydrogen-bond donors (Lipinski definition) is 2. The highest BCUT2D eigenvalue weighted by atomic mass is 16.2. The summed E-state index contributed by atoms with van der Waals surface area (Å²) in [5.41, 5.74) is 0. The Bertz CT molecular complexity index is 351. The van der Waals surface area contributed by atoms with Gasteiger partial charge in [-0.05, 0) is 33.2 Å². The van der Waals surface area contributed by atoms with E-state index in [9.17, 15) is 9.59 Å². The van der Waals surface area contributed by atoms with E-state index in [4.69, 9.17) is 1.37 Å². The summed E-state index contributed by atoms with van der Waals surface area (Å²) in [4.78, 5) is 26.0. The van der Waals surface area contributed by atoms with Crippen molar-refractivity contribution in [3.8, 4) is 0 Å². The van der Waals surface area contributed by atoms with Crippen LogP contribution in [0, 0.1) is 5.92 Å². The molecule has 110 valence electrons. The van der Waals surface area contributed by atoms with E-state index in [-0.39, 0.29) is 23.8 Å². The number of nitrogens with zero attached hydrogens (tertiary/aromatic N) is 1. The van der Waals surface area contributed by atoms with Crippen molar-refractivity contribution in [1.82, 2.24) is 15.5 Å². The molecule has 1 aliphatic heterocycles. The maximum absolute atomic E-state index is 12.4. The van der Waals surface area contributed by atoms with Crippen molar-refractivity contribution in [2.45, 2.75) is 52.1 Å². The number of carbonyl (C=O) groups excluding carboxylic acids is 2. The molecule has 0 aliphatic carbocycles. The summed E-state index contributed by atoms with van der Waals surface area (Å²) in [6.45, 7) is 5.66. The molecule has 1 aliphatic rings. The first-order valence-electron chi connectivity index (χ1n) is 7.69. The minimum atomic E-state index is -0.568. The second-order valence-corrected chi connectivity index (χ2v) is 5.26. The third-order valence-corrected chi connectivity index (χ3v) is 3.63. The predicted molar refractivity (Wildman–Crippen MR) is 75.7 cm³/mol. The van der Waals surface area contributed by atoms with Gasteiger partial charge in [0.05, 0.1) is 0 Å². The van der Waals surface area contributed by atoms with Gasteiger partial charge in [-0.25, -0.2) is 0 Å². The van der Waals surface area contributed by atoms with Crippen molar-refractivity contribution in [1.29, 1.82) is 0 Å². The van der Waals surface area contributed by atoms with E-state index in [2.05, 4.69) is 10.6 Å². The number of amides is 2. The second-order valence-electron chi connectivity index (χ2n) is 5.26. The topological polar surface area (TPSA) is 61.4 Å². The second kappa shape index (κ2) is 7.48. The molecule has 1 unspecified atom stereocenters. The monoisotopic (exact) mass is 271 g/mol. The third kappa shape index (κ3) is 4.20. The summed E-state index contributed by atoms with van der Waals surface area (Å²) >= 11 is 0. The predicted octanol–water partition coefficient (Wildman–Crippen LogP) is 0.748. The number of rotatable bonds is 6. The molecule has 0 radical (unpaired) electrons. The van der Waals surface area contributed by atoms with Gasteiger partial charge < -0.3 is 15.5 Å². The molecule has 0 aromatic heterocycles. The minimum absolute atomic E-state index is 0.131. The van der Waals surface area contributed by atoms with E-state index < -0.39 is 12.6 Å². The molecule has 0 bridgehead atoms. The van der Waals surface area contributed by atoms with Crippen LogP contribution in [0.4, 0.5) is 0 Å². The molecule has 5 heteroatoms. The van der Waals surface area contributed by atoms with Crippen LogP contribution in [-0.2, 0) is 9.59 Å². The van der Waals surface area contributed by atoms with Crippen LogP contribution in [0.3, 0.4) is 0 Å². The molecule has 0 spiro atoms. The van der Waals surface area contributed by atoms with Gasteiger partial charge in [0.2, 0.25) is 11.8 Å². The summed E-state index contributed by atoms with van der Waals surface area (Å²) in [6.07, 6.45) is 2.46. The Morgan fingerprint density at radius 1 is 1.47 bits per heavy atom. The molecule has 1 fully saturated rings. The van der Waals surface area contributed by atoms with E-state index in [0.29, 0.717) is 6.54 Å². The van der Waals surface area contributed by atoms with E-state index in [0.717, 1.165) is 19.3 Å². The van der Waals surface area contributed by atoms with Gasteiger partial charge in [-0.2, -0.15) is 0 Å². The fourth-order valence-electron chi connectivity index (χ4n) is 2.40. The lowest BCUT2D eigenvalue weighted by Gasteiger charge is -2.27.